The van der Waals surface area contributed by atoms with E-state index in [1.54, 1.807) is 0 Å². The second-order valence-corrected chi connectivity index (χ2v) is 3.70. The molecule has 2 heterocycles. The molecule has 2 aliphatic heterocycles. The summed E-state index contributed by atoms with van der Waals surface area (Å²) in [6.45, 7) is 4.05. The van der Waals surface area contributed by atoms with Crippen LogP contribution in [0.25, 0.3) is 0 Å². The van der Waals surface area contributed by atoms with Crippen molar-refractivity contribution < 1.29 is 4.90 Å². The van der Waals surface area contributed by atoms with E-state index in [9.17, 15) is 0 Å². The highest BCUT2D eigenvalue weighted by Crippen LogP contribution is 2.24. The maximum Gasteiger partial charge on any atom is 0.0677 e. The Balaban J connectivity index is 2.16. The van der Waals surface area contributed by atoms with Gasteiger partial charge < -0.3 is 4.90 Å². The lowest BCUT2D eigenvalue weighted by molar-refractivity contribution is -0.895. The molecule has 2 unspecified atom stereocenters. The largest absolute Gasteiger partial charge is 0.462 e. The van der Waals surface area contributed by atoms with Crippen molar-refractivity contribution in [2.75, 3.05) is 0 Å². The Morgan fingerprint density at radius 1 is 1.30 bits per heavy atom. The predicted octanol–water partition coefficient (Wildman–Crippen LogP) is 0.544. The Labute approximate surface area is 62.7 Å². The first-order valence-corrected chi connectivity index (χ1v) is 4.12. The summed E-state index contributed by atoms with van der Waals surface area (Å²) in [5.74, 6) is 0. The summed E-state index contributed by atoms with van der Waals surface area (Å²) >= 11 is 0. The van der Waals surface area contributed by atoms with Crippen LogP contribution in [-0.2, 0) is 0 Å². The van der Waals surface area contributed by atoms with E-state index in [4.69, 9.17) is 0 Å². The van der Waals surface area contributed by atoms with Gasteiger partial charge in [-0.15, -0.1) is 0 Å². The van der Waals surface area contributed by atoms with Crippen LogP contribution in [0.5, 0.6) is 0 Å². The van der Waals surface area contributed by atoms with Gasteiger partial charge in [0, 0.05) is 25.7 Å². The van der Waals surface area contributed by atoms with Crippen molar-refractivity contribution in [2.24, 2.45) is 0 Å². The number of piperidine rings is 1. The fourth-order valence-corrected chi connectivity index (χ4v) is 2.35. The van der Waals surface area contributed by atoms with Crippen molar-refractivity contribution in [1.82, 2.24) is 0 Å². The van der Waals surface area contributed by atoms with Crippen LogP contribution in [0.3, 0.4) is 0 Å². The van der Waals surface area contributed by atoms with Crippen molar-refractivity contribution in [1.29, 1.82) is 0 Å². The van der Waals surface area contributed by atoms with E-state index in [-0.39, 0.29) is 0 Å². The van der Waals surface area contributed by atoms with E-state index in [0.29, 0.717) is 0 Å². The van der Waals surface area contributed by atoms with Crippen LogP contribution < -0.4 is 4.90 Å². The Bertz CT molecular complexity index is 146. The lowest BCUT2D eigenvalue weighted by Crippen LogP contribution is -3.13. The number of hydrogen-bond donors (Lipinski definition) is 1. The van der Waals surface area contributed by atoms with Crippen LogP contribution in [0.2, 0.25) is 0 Å². The lowest BCUT2D eigenvalue weighted by Gasteiger charge is -2.35. The van der Waals surface area contributed by atoms with Gasteiger partial charge in [0.1, 0.15) is 0 Å². The second kappa shape index (κ2) is 2.09. The Hall–Kier alpha value is -0.300. The standard InChI is InChI=1S/C9H15N/c1-7-5-8-3-4-9(6-7)10(8)2/h8-10H,1-6H2. The molecule has 2 bridgehead atoms. The van der Waals surface area contributed by atoms with Crippen LogP contribution in [-0.4, -0.2) is 12.1 Å². The third kappa shape index (κ3) is 0.807. The first-order chi connectivity index (χ1) is 4.77. The predicted molar refractivity (Wildman–Crippen MR) is 41.5 cm³/mol. The topological polar surface area (TPSA) is 4.44 Å². The van der Waals surface area contributed by atoms with Gasteiger partial charge in [-0.2, -0.15) is 7.05 Å². The third-order valence-electron chi connectivity index (χ3n) is 2.98. The third-order valence-corrected chi connectivity index (χ3v) is 2.98. The summed E-state index contributed by atoms with van der Waals surface area (Å²) in [5, 5.41) is 0. The molecule has 0 aromatic heterocycles. The number of quaternary nitrogens is 1. The van der Waals surface area contributed by atoms with Crippen LogP contribution in [0, 0.1) is 7.05 Å². The minimum Gasteiger partial charge on any atom is -0.462 e. The fourth-order valence-electron chi connectivity index (χ4n) is 2.35. The van der Waals surface area contributed by atoms with Crippen LogP contribution in [0.4, 0.5) is 0 Å². The molecule has 0 radical (unpaired) electrons. The summed E-state index contributed by atoms with van der Waals surface area (Å²) in [6, 6.07) is 1.62. The number of fused-ring (bicyclic) bond motifs is 2. The smallest absolute Gasteiger partial charge is 0.0677 e. The van der Waals surface area contributed by atoms with Crippen molar-refractivity contribution in [3.63, 3.8) is 0 Å². The van der Waals surface area contributed by atoms with E-state index in [1.165, 1.54) is 36.2 Å². The zero-order chi connectivity index (χ0) is 7.14. The molecule has 2 fully saturated rings. The van der Waals surface area contributed by atoms with Crippen LogP contribution >= 0.6 is 0 Å². The highest BCUT2D eigenvalue weighted by molar-refractivity contribution is 5.03. The van der Waals surface area contributed by atoms with E-state index in [2.05, 4.69) is 13.6 Å². The first kappa shape index (κ1) is 6.41. The summed E-state index contributed by atoms with van der Waals surface area (Å²) < 4.78 is 0. The molecule has 0 saturated carbocycles. The van der Waals surface area contributed by atoms with Crippen LogP contribution in [0.15, 0.2) is 12.2 Å². The molecule has 0 aromatic carbocycles. The second-order valence-electron chi connectivity index (χ2n) is 3.70. The average Bonchev–Trinajstić information content (AvgIpc) is 2.20. The molecular weight excluding hydrogens is 122 g/mol. The van der Waals surface area contributed by atoms with Crippen molar-refractivity contribution in [2.45, 2.75) is 37.8 Å². The zero-order valence-electron chi connectivity index (χ0n) is 6.40. The molecule has 0 aliphatic carbocycles. The number of rotatable bonds is 0. The maximum absolute atomic E-state index is 4.13. The zero-order valence-corrected chi connectivity index (χ0v) is 6.40. The first-order valence-electron chi connectivity index (χ1n) is 4.12. The summed E-state index contributed by atoms with van der Waals surface area (Å²) in [5.41, 5.74) is 1.46. The Kier molecular flexibility index (Phi) is 1.34. The Morgan fingerprint density at radius 2 is 1.80 bits per heavy atom. The molecule has 2 saturated heterocycles. The van der Waals surface area contributed by atoms with Crippen molar-refractivity contribution in [3.8, 4) is 0 Å². The van der Waals surface area contributed by atoms with Crippen LogP contribution in [0.1, 0.15) is 25.7 Å². The molecule has 1 N–H and O–H groups in total. The molecule has 1 nitrogen and oxygen atoms in total. The minimum atomic E-state index is 0.811. The number of hydrogen-bond acceptors (Lipinski definition) is 0. The van der Waals surface area contributed by atoms with Crippen molar-refractivity contribution in [3.05, 3.63) is 19.2 Å². The fraction of sp³-hybridized carbons (Fsp3) is 0.667. The molecule has 0 aromatic rings. The van der Waals surface area contributed by atoms with E-state index in [0.717, 1.165) is 12.1 Å². The molecule has 1 heteroatoms. The summed E-state index contributed by atoms with van der Waals surface area (Å²) in [4.78, 5) is 1.52. The van der Waals surface area contributed by atoms with E-state index >= 15 is 0 Å². The van der Waals surface area contributed by atoms with E-state index in [1.807, 2.05) is 0 Å². The highest BCUT2D eigenvalue weighted by atomic mass is 15.2. The summed E-state index contributed by atoms with van der Waals surface area (Å²) in [7, 11) is 4.13. The Morgan fingerprint density at radius 3 is 2.30 bits per heavy atom. The molecule has 10 heavy (non-hydrogen) atoms. The molecule has 2 aliphatic rings. The lowest BCUT2D eigenvalue weighted by atomic mass is 9.99. The minimum absolute atomic E-state index is 0.811. The van der Waals surface area contributed by atoms with Gasteiger partial charge in [-0.05, 0) is 0 Å². The molecule has 56 valence electrons. The van der Waals surface area contributed by atoms with Gasteiger partial charge in [0.15, 0.2) is 0 Å². The average molecular weight is 137 g/mol. The van der Waals surface area contributed by atoms with Gasteiger partial charge in [0.05, 0.1) is 12.1 Å². The van der Waals surface area contributed by atoms with E-state index < -0.39 is 0 Å². The van der Waals surface area contributed by atoms with Gasteiger partial charge in [0.25, 0.3) is 0 Å². The van der Waals surface area contributed by atoms with Gasteiger partial charge in [0.2, 0.25) is 0 Å². The van der Waals surface area contributed by atoms with Crippen molar-refractivity contribution >= 4 is 0 Å². The van der Waals surface area contributed by atoms with Gasteiger partial charge in [-0.3, -0.25) is 0 Å². The maximum atomic E-state index is 4.13. The van der Waals surface area contributed by atoms with Gasteiger partial charge >= 0.3 is 0 Å². The monoisotopic (exact) mass is 137 g/mol. The van der Waals surface area contributed by atoms with Gasteiger partial charge in [-0.25, -0.2) is 0 Å². The molecular formula is C9H15N. The SMILES string of the molecule is C=C1CC2CCC(C1)[NH+]2[CH2-]. The molecule has 2 atom stereocenters. The number of nitrogens with one attached hydrogen (secondary N) is 1. The quantitative estimate of drug-likeness (QED) is 0.367. The summed E-state index contributed by atoms with van der Waals surface area (Å²) in [6.07, 6.45) is 5.22. The van der Waals surface area contributed by atoms with Gasteiger partial charge in [-0.1, -0.05) is 12.2 Å². The normalized spacial score (nSPS) is 46.1. The molecule has 0 spiro atoms. The molecule has 0 amide bonds. The molecule has 2 rings (SSSR count). The highest BCUT2D eigenvalue weighted by Gasteiger charge is 2.35.